The lowest BCUT2D eigenvalue weighted by molar-refractivity contribution is -0.119. The molecule has 0 saturated heterocycles. The Hall–Kier alpha value is -1.36. The molecule has 0 bridgehead atoms. The fourth-order valence-corrected chi connectivity index (χ4v) is 2.08. The smallest absolute Gasteiger partial charge is 0.239 e. The van der Waals surface area contributed by atoms with Gasteiger partial charge in [-0.05, 0) is 32.0 Å². The van der Waals surface area contributed by atoms with Gasteiger partial charge >= 0.3 is 0 Å². The Morgan fingerprint density at radius 3 is 2.72 bits per heavy atom. The van der Waals surface area contributed by atoms with E-state index >= 15 is 0 Å². The standard InChI is InChI=1S/C13H17BrN2O2/c1-3-15-13(18)8-16(4-2)12-6-5-11(14)7-10(12)9-17/h5-7,9H,3-4,8H2,1-2H3,(H,15,18). The normalized spacial score (nSPS) is 9.94. The average molecular weight is 313 g/mol. The van der Waals surface area contributed by atoms with Crippen LogP contribution in [-0.4, -0.2) is 31.8 Å². The maximum absolute atomic E-state index is 11.6. The van der Waals surface area contributed by atoms with E-state index in [1.54, 1.807) is 6.07 Å². The number of benzene rings is 1. The van der Waals surface area contributed by atoms with Crippen molar-refractivity contribution < 1.29 is 9.59 Å². The van der Waals surface area contributed by atoms with Crippen LogP contribution in [0.25, 0.3) is 0 Å². The molecule has 0 aliphatic carbocycles. The van der Waals surface area contributed by atoms with Gasteiger partial charge in [-0.2, -0.15) is 0 Å². The monoisotopic (exact) mass is 312 g/mol. The van der Waals surface area contributed by atoms with Gasteiger partial charge in [0, 0.05) is 28.8 Å². The number of nitrogens with zero attached hydrogens (tertiary/aromatic N) is 1. The van der Waals surface area contributed by atoms with Crippen molar-refractivity contribution in [2.24, 2.45) is 0 Å². The summed E-state index contributed by atoms with van der Waals surface area (Å²) in [5, 5.41) is 2.75. The number of likely N-dealkylation sites (N-methyl/N-ethyl adjacent to an activating group) is 2. The van der Waals surface area contributed by atoms with Gasteiger partial charge in [0.1, 0.15) is 0 Å². The second-order valence-electron chi connectivity index (χ2n) is 3.79. The van der Waals surface area contributed by atoms with E-state index in [0.29, 0.717) is 18.7 Å². The summed E-state index contributed by atoms with van der Waals surface area (Å²) in [5.41, 5.74) is 1.36. The largest absolute Gasteiger partial charge is 0.362 e. The molecule has 1 aromatic carbocycles. The van der Waals surface area contributed by atoms with Crippen LogP contribution >= 0.6 is 15.9 Å². The van der Waals surface area contributed by atoms with E-state index in [2.05, 4.69) is 21.2 Å². The molecule has 0 atom stereocenters. The number of halogens is 1. The first-order valence-electron chi connectivity index (χ1n) is 5.88. The highest BCUT2D eigenvalue weighted by Gasteiger charge is 2.13. The number of rotatable bonds is 6. The van der Waals surface area contributed by atoms with Crippen molar-refractivity contribution in [3.8, 4) is 0 Å². The fraction of sp³-hybridized carbons (Fsp3) is 0.385. The lowest BCUT2D eigenvalue weighted by atomic mass is 10.1. The van der Waals surface area contributed by atoms with Gasteiger partial charge in [0.05, 0.1) is 6.54 Å². The average Bonchev–Trinajstić information content (AvgIpc) is 2.36. The Bertz CT molecular complexity index is 435. The summed E-state index contributed by atoms with van der Waals surface area (Å²) in [4.78, 5) is 24.5. The van der Waals surface area contributed by atoms with Crippen LogP contribution in [0.4, 0.5) is 5.69 Å². The molecule has 1 rings (SSSR count). The third-order valence-electron chi connectivity index (χ3n) is 2.55. The Balaban J connectivity index is 2.94. The summed E-state index contributed by atoms with van der Waals surface area (Å²) >= 11 is 3.33. The summed E-state index contributed by atoms with van der Waals surface area (Å²) in [6.07, 6.45) is 0.806. The number of aldehydes is 1. The molecule has 18 heavy (non-hydrogen) atoms. The minimum Gasteiger partial charge on any atom is -0.362 e. The van der Waals surface area contributed by atoms with Crippen molar-refractivity contribution in [2.75, 3.05) is 24.5 Å². The molecule has 0 spiro atoms. The van der Waals surface area contributed by atoms with Gasteiger partial charge in [-0.25, -0.2) is 0 Å². The van der Waals surface area contributed by atoms with Crippen LogP contribution in [0.1, 0.15) is 24.2 Å². The van der Waals surface area contributed by atoms with Gasteiger partial charge in [0.2, 0.25) is 5.91 Å². The second kappa shape index (κ2) is 7.16. The predicted octanol–water partition coefficient (Wildman–Crippen LogP) is 2.22. The third kappa shape index (κ3) is 3.84. The molecule has 98 valence electrons. The van der Waals surface area contributed by atoms with Crippen LogP contribution in [0.5, 0.6) is 0 Å². The number of carbonyl (C=O) groups excluding carboxylic acids is 2. The second-order valence-corrected chi connectivity index (χ2v) is 4.70. The summed E-state index contributed by atoms with van der Waals surface area (Å²) in [5.74, 6) is -0.0425. The maximum Gasteiger partial charge on any atom is 0.239 e. The minimum absolute atomic E-state index is 0.0425. The van der Waals surface area contributed by atoms with Crippen molar-refractivity contribution in [3.05, 3.63) is 28.2 Å². The van der Waals surface area contributed by atoms with Crippen molar-refractivity contribution in [2.45, 2.75) is 13.8 Å². The van der Waals surface area contributed by atoms with Crippen LogP contribution in [0.3, 0.4) is 0 Å². The number of nitrogens with one attached hydrogen (secondary N) is 1. The highest BCUT2D eigenvalue weighted by Crippen LogP contribution is 2.23. The number of hydrogen-bond acceptors (Lipinski definition) is 3. The SMILES string of the molecule is CCNC(=O)CN(CC)c1ccc(Br)cc1C=O. The third-order valence-corrected chi connectivity index (χ3v) is 3.04. The predicted molar refractivity (Wildman–Crippen MR) is 76.1 cm³/mol. The highest BCUT2D eigenvalue weighted by molar-refractivity contribution is 9.10. The molecule has 5 heteroatoms. The molecule has 0 aromatic heterocycles. The summed E-state index contributed by atoms with van der Waals surface area (Å²) in [6.45, 7) is 5.37. The van der Waals surface area contributed by atoms with Gasteiger partial charge in [0.15, 0.2) is 6.29 Å². The van der Waals surface area contributed by atoms with E-state index in [-0.39, 0.29) is 12.5 Å². The zero-order valence-electron chi connectivity index (χ0n) is 10.6. The lowest BCUT2D eigenvalue weighted by Crippen LogP contribution is -2.37. The summed E-state index contributed by atoms with van der Waals surface area (Å²) in [7, 11) is 0. The van der Waals surface area contributed by atoms with E-state index in [1.165, 1.54) is 0 Å². The Morgan fingerprint density at radius 1 is 1.44 bits per heavy atom. The van der Waals surface area contributed by atoms with Crippen molar-refractivity contribution >= 4 is 33.8 Å². The molecule has 0 heterocycles. The minimum atomic E-state index is -0.0425. The quantitative estimate of drug-likeness (QED) is 0.819. The van der Waals surface area contributed by atoms with Crippen molar-refractivity contribution in [3.63, 3.8) is 0 Å². The van der Waals surface area contributed by atoms with Crippen LogP contribution in [-0.2, 0) is 4.79 Å². The number of hydrogen-bond donors (Lipinski definition) is 1. The zero-order chi connectivity index (χ0) is 13.5. The lowest BCUT2D eigenvalue weighted by Gasteiger charge is -2.23. The number of amides is 1. The van der Waals surface area contributed by atoms with Crippen molar-refractivity contribution in [1.29, 1.82) is 0 Å². The first-order chi connectivity index (χ1) is 8.62. The van der Waals surface area contributed by atoms with Gasteiger partial charge in [-0.3, -0.25) is 9.59 Å². The van der Waals surface area contributed by atoms with E-state index < -0.39 is 0 Å². The summed E-state index contributed by atoms with van der Waals surface area (Å²) in [6, 6.07) is 5.46. The summed E-state index contributed by atoms with van der Waals surface area (Å²) < 4.78 is 0.849. The van der Waals surface area contributed by atoms with Crippen LogP contribution in [0.2, 0.25) is 0 Å². The molecule has 0 fully saturated rings. The first-order valence-corrected chi connectivity index (χ1v) is 6.68. The molecule has 1 aromatic rings. The Morgan fingerprint density at radius 2 is 2.17 bits per heavy atom. The molecule has 0 unspecified atom stereocenters. The fourth-order valence-electron chi connectivity index (χ4n) is 1.70. The molecule has 0 aliphatic heterocycles. The first kappa shape index (κ1) is 14.7. The van der Waals surface area contributed by atoms with Gasteiger partial charge in [0.25, 0.3) is 0 Å². The molecule has 0 aliphatic rings. The van der Waals surface area contributed by atoms with E-state index in [1.807, 2.05) is 30.9 Å². The Kier molecular flexibility index (Phi) is 5.85. The maximum atomic E-state index is 11.6. The van der Waals surface area contributed by atoms with Gasteiger partial charge < -0.3 is 10.2 Å². The molecular weight excluding hydrogens is 296 g/mol. The van der Waals surface area contributed by atoms with Crippen LogP contribution < -0.4 is 10.2 Å². The highest BCUT2D eigenvalue weighted by atomic mass is 79.9. The van der Waals surface area contributed by atoms with E-state index in [9.17, 15) is 9.59 Å². The zero-order valence-corrected chi connectivity index (χ0v) is 12.2. The van der Waals surface area contributed by atoms with Crippen LogP contribution in [0, 0.1) is 0 Å². The molecule has 0 radical (unpaired) electrons. The number of carbonyl (C=O) groups is 2. The molecule has 1 N–H and O–H groups in total. The van der Waals surface area contributed by atoms with E-state index in [0.717, 1.165) is 16.4 Å². The van der Waals surface area contributed by atoms with Crippen molar-refractivity contribution in [1.82, 2.24) is 5.32 Å². The number of anilines is 1. The molecule has 4 nitrogen and oxygen atoms in total. The topological polar surface area (TPSA) is 49.4 Å². The van der Waals surface area contributed by atoms with E-state index in [4.69, 9.17) is 0 Å². The molecule has 0 saturated carbocycles. The molecule has 1 amide bonds. The van der Waals surface area contributed by atoms with Crippen LogP contribution in [0.15, 0.2) is 22.7 Å². The van der Waals surface area contributed by atoms with Gasteiger partial charge in [-0.15, -0.1) is 0 Å². The van der Waals surface area contributed by atoms with Gasteiger partial charge in [-0.1, -0.05) is 15.9 Å². The Labute approximate surface area is 115 Å². The molecular formula is C13H17BrN2O2.